The van der Waals surface area contributed by atoms with Crippen molar-refractivity contribution in [2.45, 2.75) is 33.6 Å². The molecule has 0 saturated carbocycles. The highest BCUT2D eigenvalue weighted by Gasteiger charge is 2.16. The first-order valence-corrected chi connectivity index (χ1v) is 19.0. The minimum atomic E-state index is -0.435. The molecule has 0 radical (unpaired) electrons. The molecular formula is C45H34Cl2FN7O4. The molecule has 0 aliphatic heterocycles. The number of pyridine rings is 3. The van der Waals surface area contributed by atoms with Crippen molar-refractivity contribution in [1.82, 2.24) is 19.9 Å². The summed E-state index contributed by atoms with van der Waals surface area (Å²) in [6.07, 6.45) is 6.51. The van der Waals surface area contributed by atoms with E-state index in [0.29, 0.717) is 84.3 Å². The highest BCUT2D eigenvalue weighted by Crippen LogP contribution is 2.36. The Morgan fingerprint density at radius 2 is 1.14 bits per heavy atom. The summed E-state index contributed by atoms with van der Waals surface area (Å²) in [4.78, 5) is 15.7. The van der Waals surface area contributed by atoms with Crippen LogP contribution in [0.2, 0.25) is 10.0 Å². The third kappa shape index (κ3) is 9.35. The minimum Gasteiger partial charge on any atom is -0.506 e. The number of phenolic OH excluding ortho intramolecular Hbond substituents is 1. The van der Waals surface area contributed by atoms with Gasteiger partial charge in [0.1, 0.15) is 41.2 Å². The van der Waals surface area contributed by atoms with Gasteiger partial charge >= 0.3 is 0 Å². The van der Waals surface area contributed by atoms with Gasteiger partial charge in [-0.25, -0.2) is 4.39 Å². The maximum absolute atomic E-state index is 14.9. The van der Waals surface area contributed by atoms with Crippen LogP contribution in [0.15, 0.2) is 91.4 Å². The van der Waals surface area contributed by atoms with E-state index >= 15 is 0 Å². The van der Waals surface area contributed by atoms with E-state index in [4.69, 9.17) is 47.9 Å². The van der Waals surface area contributed by atoms with Crippen LogP contribution in [-0.4, -0.2) is 38.3 Å². The van der Waals surface area contributed by atoms with Crippen molar-refractivity contribution in [3.63, 3.8) is 0 Å². The lowest BCUT2D eigenvalue weighted by atomic mass is 10.1. The first kappa shape index (κ1) is 41.5. The molecule has 2 N–H and O–H groups in total. The zero-order valence-corrected chi connectivity index (χ0v) is 33.5. The van der Waals surface area contributed by atoms with Crippen molar-refractivity contribution in [2.24, 2.45) is 0 Å². The van der Waals surface area contributed by atoms with E-state index < -0.39 is 5.82 Å². The molecule has 8 aromatic rings. The van der Waals surface area contributed by atoms with Gasteiger partial charge in [-0.1, -0.05) is 37.0 Å². The number of ether oxygens (including phenoxy) is 3. The van der Waals surface area contributed by atoms with Crippen molar-refractivity contribution in [3.8, 4) is 47.0 Å². The van der Waals surface area contributed by atoms with Gasteiger partial charge in [-0.05, 0) is 74.4 Å². The number of nitrogens with zero attached hydrogens (tertiary/aromatic N) is 6. The fraction of sp³-hybridized carbons (Fsp3) is 0.156. The number of nitrogens with one attached hydrogen (secondary N) is 1. The number of rotatable bonds is 8. The van der Waals surface area contributed by atoms with E-state index in [1.165, 1.54) is 12.1 Å². The molecule has 0 unspecified atom stereocenters. The summed E-state index contributed by atoms with van der Waals surface area (Å²) in [5.41, 5.74) is 4.59. The van der Waals surface area contributed by atoms with Crippen LogP contribution in [0.1, 0.15) is 49.1 Å². The first-order chi connectivity index (χ1) is 28.6. The SMILES string of the molecule is CCCOc1cc2nccc(Cl)c2cc1C#N.CCCOc1cc2nccc(Oc3ccc4[nH]c(C)cc4c3F)c2cc1C#N.N#Cc1cc2c(Cl)ccnc2cc1O. The van der Waals surface area contributed by atoms with Crippen LogP contribution in [0.4, 0.5) is 4.39 Å². The molecule has 11 nitrogen and oxygen atoms in total. The molecule has 4 aromatic carbocycles. The predicted octanol–water partition coefficient (Wildman–Crippen LogP) is 11.6. The van der Waals surface area contributed by atoms with E-state index in [1.807, 2.05) is 26.8 Å². The Hall–Kier alpha value is -7.17. The molecule has 0 spiro atoms. The van der Waals surface area contributed by atoms with Gasteiger partial charge in [0, 0.05) is 69.5 Å². The standard InChI is InChI=1S/C22H18FN3O2.C13H11ClN2O.C10H5ClN2O/c1-3-8-27-21-11-18-15(10-14(21)12-24)19(6-7-25-18)28-20-5-4-17-16(22(20)23)9-13(2)26-17;1-2-5-17-13-7-12-10(6-9(13)8-15)11(14)3-4-16-12;11-8-1-2-13-9-4-10(14)6(5-12)3-7(8)9/h4-7,9-11,26H,3,8H2,1-2H3;3-4,6-7H,2,5H2,1H3;1-4,14H. The number of aromatic amines is 1. The van der Waals surface area contributed by atoms with Gasteiger partial charge in [-0.3, -0.25) is 15.0 Å². The summed E-state index contributed by atoms with van der Waals surface area (Å²) >= 11 is 12.0. The summed E-state index contributed by atoms with van der Waals surface area (Å²) in [6, 6.07) is 26.1. The Morgan fingerprint density at radius 3 is 1.69 bits per heavy atom. The number of fused-ring (bicyclic) bond motifs is 4. The van der Waals surface area contributed by atoms with Gasteiger partial charge in [0.2, 0.25) is 0 Å². The van der Waals surface area contributed by atoms with Crippen LogP contribution in [0.3, 0.4) is 0 Å². The summed E-state index contributed by atoms with van der Waals surface area (Å²) in [7, 11) is 0. The normalized spacial score (nSPS) is 10.5. The van der Waals surface area contributed by atoms with Crippen molar-refractivity contribution >= 4 is 66.8 Å². The number of phenols is 1. The van der Waals surface area contributed by atoms with Gasteiger partial charge in [0.05, 0.1) is 56.5 Å². The Labute approximate surface area is 348 Å². The highest BCUT2D eigenvalue weighted by atomic mass is 35.5. The number of hydrogen-bond acceptors (Lipinski definition) is 10. The van der Waals surface area contributed by atoms with Crippen LogP contribution < -0.4 is 14.2 Å². The summed E-state index contributed by atoms with van der Waals surface area (Å²) in [6.45, 7) is 6.98. The van der Waals surface area contributed by atoms with Gasteiger partial charge in [0.25, 0.3) is 0 Å². The van der Waals surface area contributed by atoms with Crippen LogP contribution in [-0.2, 0) is 0 Å². The molecule has 14 heteroatoms. The second kappa shape index (κ2) is 18.8. The fourth-order valence-electron chi connectivity index (χ4n) is 5.94. The number of aromatic hydroxyl groups is 1. The molecule has 0 saturated heterocycles. The largest absolute Gasteiger partial charge is 0.506 e. The number of benzene rings is 4. The van der Waals surface area contributed by atoms with Gasteiger partial charge < -0.3 is 24.3 Å². The zero-order valence-electron chi connectivity index (χ0n) is 32.0. The van der Waals surface area contributed by atoms with Gasteiger partial charge in [0.15, 0.2) is 11.6 Å². The van der Waals surface area contributed by atoms with Gasteiger partial charge in [-0.2, -0.15) is 15.8 Å². The second-order valence-electron chi connectivity index (χ2n) is 12.9. The third-order valence-corrected chi connectivity index (χ3v) is 9.40. The molecule has 294 valence electrons. The lowest BCUT2D eigenvalue weighted by Gasteiger charge is -2.12. The smallest absolute Gasteiger partial charge is 0.175 e. The number of halogens is 3. The van der Waals surface area contributed by atoms with E-state index in [2.05, 4.69) is 32.1 Å². The maximum Gasteiger partial charge on any atom is 0.175 e. The lowest BCUT2D eigenvalue weighted by molar-refractivity contribution is 0.317. The molecule has 8 rings (SSSR count). The molecule has 4 heterocycles. The van der Waals surface area contributed by atoms with Gasteiger partial charge in [-0.15, -0.1) is 0 Å². The molecule has 0 aliphatic carbocycles. The van der Waals surface area contributed by atoms with Crippen molar-refractivity contribution in [1.29, 1.82) is 15.8 Å². The van der Waals surface area contributed by atoms with Crippen LogP contribution >= 0.6 is 23.2 Å². The molecule has 0 aliphatic rings. The van der Waals surface area contributed by atoms with Crippen LogP contribution in [0.25, 0.3) is 43.6 Å². The number of H-pyrrole nitrogens is 1. The quantitative estimate of drug-likeness (QED) is 0.150. The predicted molar refractivity (Wildman–Crippen MR) is 226 cm³/mol. The zero-order chi connectivity index (χ0) is 42.1. The first-order valence-electron chi connectivity index (χ1n) is 18.3. The Balaban J connectivity index is 0.000000161. The molecule has 0 atom stereocenters. The van der Waals surface area contributed by atoms with Crippen molar-refractivity contribution < 1.29 is 23.7 Å². The Bertz CT molecular complexity index is 2970. The molecule has 0 bridgehead atoms. The lowest BCUT2D eigenvalue weighted by Crippen LogP contribution is -1.98. The Morgan fingerprint density at radius 1 is 0.627 bits per heavy atom. The molecular weight excluding hydrogens is 792 g/mol. The maximum atomic E-state index is 14.9. The summed E-state index contributed by atoms with van der Waals surface area (Å²) < 4.78 is 31.9. The summed E-state index contributed by atoms with van der Waals surface area (Å²) in [5.74, 6) is 1.08. The third-order valence-electron chi connectivity index (χ3n) is 8.74. The number of aromatic nitrogens is 4. The van der Waals surface area contributed by atoms with E-state index in [1.54, 1.807) is 79.3 Å². The number of hydrogen-bond donors (Lipinski definition) is 2. The van der Waals surface area contributed by atoms with E-state index in [9.17, 15) is 14.8 Å². The van der Waals surface area contributed by atoms with E-state index in [-0.39, 0.29) is 17.1 Å². The van der Waals surface area contributed by atoms with Crippen LogP contribution in [0.5, 0.6) is 28.7 Å². The monoisotopic (exact) mass is 825 g/mol. The highest BCUT2D eigenvalue weighted by molar-refractivity contribution is 6.35. The average Bonchev–Trinajstić information content (AvgIpc) is 3.64. The average molecular weight is 827 g/mol. The minimum absolute atomic E-state index is 0.0743. The molecule has 4 aromatic heterocycles. The van der Waals surface area contributed by atoms with Crippen molar-refractivity contribution in [2.75, 3.05) is 13.2 Å². The molecule has 59 heavy (non-hydrogen) atoms. The topological polar surface area (TPSA) is 174 Å². The molecule has 0 fully saturated rings. The van der Waals surface area contributed by atoms with E-state index in [0.717, 1.165) is 29.4 Å². The number of nitriles is 3. The summed E-state index contributed by atoms with van der Waals surface area (Å²) in [5, 5.41) is 40.3. The number of aryl methyl sites for hydroxylation is 1. The van der Waals surface area contributed by atoms with Crippen LogP contribution in [0, 0.1) is 46.7 Å². The molecule has 0 amide bonds. The fourth-order valence-corrected chi connectivity index (χ4v) is 6.35. The Kier molecular flexibility index (Phi) is 13.2. The second-order valence-corrected chi connectivity index (χ2v) is 13.8. The van der Waals surface area contributed by atoms with Crippen molar-refractivity contribution in [3.05, 3.63) is 130 Å².